The molecule has 0 aliphatic carbocycles. The number of aliphatic hydroxyl groups excluding tert-OH is 1. The first-order valence-electron chi connectivity index (χ1n) is 22.6. The molecule has 0 bridgehead atoms. The van der Waals surface area contributed by atoms with Crippen molar-refractivity contribution < 1.29 is 44.0 Å². The Labute approximate surface area is 372 Å². The number of carboxylic acid groups (broad SMARTS) is 2. The summed E-state index contributed by atoms with van der Waals surface area (Å²) in [6.07, 6.45) is 7.83. The number of carboxylic acids is 2. The van der Waals surface area contributed by atoms with Crippen molar-refractivity contribution in [2.24, 2.45) is 17.3 Å². The highest BCUT2D eigenvalue weighted by Crippen LogP contribution is 2.32. The molecule has 3 rings (SSSR count). The zero-order chi connectivity index (χ0) is 45.8. The standard InChI is InChI=1S/C46H74N6O9S/c1-8-10-11-14-22-52(44(58)40(31(5)9-2)51-41(56)35-16-12-13-21-47-35)37(30(3)4)26-38(61-24-15-23-53)43-50-36(29-62-43)42(57)49-34(27-46(6,7)45(59)60)25-32-17-19-33(20-18-32)48-28-39(54)55/h17-20,29-31,34-35,37-38,40,47-48,53H,8-16,21-28H2,1-7H3,(H,49,57)(H,51,56)(H,54,55)(H,59,60)/t31-,34-,35+,37+,38+,40-/m0/s1. The molecular formula is C46H74N6O9S. The maximum absolute atomic E-state index is 14.9. The number of piperidine rings is 1. The van der Waals surface area contributed by atoms with Crippen LogP contribution in [0.15, 0.2) is 29.6 Å². The summed E-state index contributed by atoms with van der Waals surface area (Å²) in [6.45, 7) is 14.7. The van der Waals surface area contributed by atoms with Gasteiger partial charge in [-0.05, 0) is 88.4 Å². The number of ether oxygens (including phenoxy) is 1. The number of carbonyl (C=O) groups excluding carboxylic acids is 3. The predicted molar refractivity (Wildman–Crippen MR) is 242 cm³/mol. The number of hydrogen-bond acceptors (Lipinski definition) is 11. The van der Waals surface area contributed by atoms with E-state index in [9.17, 15) is 34.2 Å². The molecule has 62 heavy (non-hydrogen) atoms. The summed E-state index contributed by atoms with van der Waals surface area (Å²) >= 11 is 1.27. The van der Waals surface area contributed by atoms with Gasteiger partial charge in [0, 0.05) is 49.3 Å². The van der Waals surface area contributed by atoms with Gasteiger partial charge in [-0.3, -0.25) is 24.0 Å². The topological polar surface area (TPSA) is 220 Å². The van der Waals surface area contributed by atoms with Gasteiger partial charge in [0.25, 0.3) is 5.91 Å². The van der Waals surface area contributed by atoms with Gasteiger partial charge >= 0.3 is 11.9 Å². The van der Waals surface area contributed by atoms with Crippen molar-refractivity contribution in [1.82, 2.24) is 25.8 Å². The summed E-state index contributed by atoms with van der Waals surface area (Å²) in [7, 11) is 0. The number of rotatable bonds is 29. The van der Waals surface area contributed by atoms with Gasteiger partial charge in [-0.25, -0.2) is 4.98 Å². The quantitative estimate of drug-likeness (QED) is 0.0441. The Hall–Kier alpha value is -4.12. The third-order valence-electron chi connectivity index (χ3n) is 11.8. The summed E-state index contributed by atoms with van der Waals surface area (Å²) in [5, 5.41) is 43.1. The highest BCUT2D eigenvalue weighted by molar-refractivity contribution is 7.09. The van der Waals surface area contributed by atoms with E-state index in [1.54, 1.807) is 31.4 Å². The molecule has 1 aliphatic heterocycles. The number of thiazole rings is 1. The highest BCUT2D eigenvalue weighted by Gasteiger charge is 2.38. The second-order valence-corrected chi connectivity index (χ2v) is 18.6. The molecule has 1 aromatic carbocycles. The van der Waals surface area contributed by atoms with Crippen LogP contribution in [0.5, 0.6) is 0 Å². The molecule has 1 fully saturated rings. The Bertz CT molecular complexity index is 1700. The number of benzene rings is 1. The number of carbonyl (C=O) groups is 5. The van der Waals surface area contributed by atoms with Crippen molar-refractivity contribution in [1.29, 1.82) is 0 Å². The van der Waals surface area contributed by atoms with Crippen LogP contribution in [-0.2, 0) is 30.3 Å². The second-order valence-electron chi connectivity index (χ2n) is 17.7. The Morgan fingerprint density at radius 1 is 1.00 bits per heavy atom. The molecule has 1 aromatic heterocycles. The first-order valence-corrected chi connectivity index (χ1v) is 23.5. The maximum atomic E-state index is 14.9. The highest BCUT2D eigenvalue weighted by atomic mass is 32.1. The first-order chi connectivity index (χ1) is 29.5. The lowest BCUT2D eigenvalue weighted by molar-refractivity contribution is -0.147. The van der Waals surface area contributed by atoms with Crippen LogP contribution in [0.3, 0.4) is 0 Å². The van der Waals surface area contributed by atoms with E-state index in [4.69, 9.17) is 14.8 Å². The molecule has 15 nitrogen and oxygen atoms in total. The smallest absolute Gasteiger partial charge is 0.322 e. The Morgan fingerprint density at radius 3 is 2.32 bits per heavy atom. The van der Waals surface area contributed by atoms with Gasteiger partial charge in [0.2, 0.25) is 11.8 Å². The summed E-state index contributed by atoms with van der Waals surface area (Å²) in [6, 6.07) is 5.16. The Balaban J connectivity index is 1.93. The van der Waals surface area contributed by atoms with Crippen LogP contribution in [0.1, 0.15) is 146 Å². The number of nitrogens with one attached hydrogen (secondary N) is 4. The zero-order valence-corrected chi connectivity index (χ0v) is 38.9. The van der Waals surface area contributed by atoms with E-state index in [2.05, 4.69) is 42.0 Å². The molecule has 2 aromatic rings. The lowest BCUT2D eigenvalue weighted by Crippen LogP contribution is -2.58. The monoisotopic (exact) mass is 887 g/mol. The van der Waals surface area contributed by atoms with Gasteiger partial charge in [0.05, 0.1) is 11.5 Å². The summed E-state index contributed by atoms with van der Waals surface area (Å²) in [5.74, 6) is -2.84. The zero-order valence-electron chi connectivity index (χ0n) is 38.0. The van der Waals surface area contributed by atoms with Gasteiger partial charge in [-0.15, -0.1) is 11.3 Å². The van der Waals surface area contributed by atoms with Gasteiger partial charge in [-0.1, -0.05) is 78.9 Å². The van der Waals surface area contributed by atoms with E-state index in [0.717, 1.165) is 57.1 Å². The van der Waals surface area contributed by atoms with Crippen molar-refractivity contribution in [3.63, 3.8) is 0 Å². The fourth-order valence-electron chi connectivity index (χ4n) is 7.75. The first kappa shape index (κ1) is 52.2. The fraction of sp³-hybridized carbons (Fsp3) is 0.696. The van der Waals surface area contributed by atoms with Crippen LogP contribution in [0.4, 0.5) is 5.69 Å². The van der Waals surface area contributed by atoms with Crippen LogP contribution >= 0.6 is 11.3 Å². The van der Waals surface area contributed by atoms with E-state index < -0.39 is 41.4 Å². The SMILES string of the molecule is CCCCCCN(C(=O)[C@@H](NC(=O)[C@H]1CCCCN1)[C@@H](C)CC)[C@H](C[C@@H](OCCCO)c1nc(C(=O)N[C@@H](Cc2ccc(NCC(=O)O)cc2)CC(C)(C)C(=O)O)cs1)C(C)C. The molecule has 348 valence electrons. The van der Waals surface area contributed by atoms with Gasteiger partial charge in [0.1, 0.15) is 29.4 Å². The van der Waals surface area contributed by atoms with E-state index in [-0.39, 0.29) is 67.6 Å². The van der Waals surface area contributed by atoms with Crippen molar-refractivity contribution in [3.8, 4) is 0 Å². The number of aromatic nitrogens is 1. The largest absolute Gasteiger partial charge is 0.481 e. The number of hydrogen-bond donors (Lipinski definition) is 7. The van der Waals surface area contributed by atoms with Gasteiger partial charge in [-0.2, -0.15) is 0 Å². The summed E-state index contributed by atoms with van der Waals surface area (Å²) in [4.78, 5) is 72.3. The molecule has 6 atom stereocenters. The molecule has 16 heteroatoms. The molecule has 1 aliphatic rings. The number of anilines is 1. The number of aliphatic hydroxyl groups is 1. The molecule has 3 amide bonds. The molecule has 0 radical (unpaired) electrons. The Kier molecular flexibility index (Phi) is 22.3. The van der Waals surface area contributed by atoms with Crippen LogP contribution in [-0.4, -0.2) is 112 Å². The summed E-state index contributed by atoms with van der Waals surface area (Å²) < 4.78 is 6.42. The molecule has 0 saturated carbocycles. The van der Waals surface area contributed by atoms with Gasteiger partial charge < -0.3 is 46.2 Å². The lowest BCUT2D eigenvalue weighted by atomic mass is 9.84. The fourth-order valence-corrected chi connectivity index (χ4v) is 8.61. The van der Waals surface area contributed by atoms with Crippen molar-refractivity contribution in [2.75, 3.05) is 38.2 Å². The van der Waals surface area contributed by atoms with Crippen molar-refractivity contribution >= 4 is 46.7 Å². The number of aliphatic carboxylic acids is 2. The third-order valence-corrected chi connectivity index (χ3v) is 12.7. The normalized spacial score (nSPS) is 16.8. The minimum atomic E-state index is -1.16. The van der Waals surface area contributed by atoms with Crippen molar-refractivity contribution in [2.45, 2.75) is 156 Å². The maximum Gasteiger partial charge on any atom is 0.322 e. The molecule has 0 unspecified atom stereocenters. The second kappa shape index (κ2) is 26.5. The molecule has 2 heterocycles. The molecule has 1 saturated heterocycles. The molecular weight excluding hydrogens is 813 g/mol. The average molecular weight is 887 g/mol. The van der Waals surface area contributed by atoms with E-state index >= 15 is 0 Å². The summed E-state index contributed by atoms with van der Waals surface area (Å²) in [5.41, 5.74) is 0.431. The minimum absolute atomic E-state index is 0.00884. The number of unbranched alkanes of at least 4 members (excludes halogenated alkanes) is 3. The van der Waals surface area contributed by atoms with E-state index in [1.807, 2.05) is 30.9 Å². The predicted octanol–water partition coefficient (Wildman–Crippen LogP) is 6.42. The Morgan fingerprint density at radius 2 is 1.73 bits per heavy atom. The number of nitrogens with zero attached hydrogens (tertiary/aromatic N) is 2. The van der Waals surface area contributed by atoms with Crippen molar-refractivity contribution in [3.05, 3.63) is 45.9 Å². The third kappa shape index (κ3) is 16.9. The number of amides is 3. The van der Waals surface area contributed by atoms with E-state index in [0.29, 0.717) is 42.9 Å². The van der Waals surface area contributed by atoms with Crippen LogP contribution in [0.2, 0.25) is 0 Å². The minimum Gasteiger partial charge on any atom is -0.481 e. The molecule has 0 spiro atoms. The van der Waals surface area contributed by atoms with Crippen LogP contribution < -0.4 is 21.3 Å². The van der Waals surface area contributed by atoms with E-state index in [1.165, 1.54) is 11.3 Å². The average Bonchev–Trinajstić information content (AvgIpc) is 3.74. The van der Waals surface area contributed by atoms with Gasteiger partial charge in [0.15, 0.2) is 0 Å². The molecule has 7 N–H and O–H groups in total. The van der Waals surface area contributed by atoms with Crippen LogP contribution in [0.25, 0.3) is 0 Å². The lowest BCUT2D eigenvalue weighted by Gasteiger charge is -2.40. The van der Waals surface area contributed by atoms with Crippen LogP contribution in [0, 0.1) is 17.3 Å².